The molecule has 2 heterocycles. The molecule has 0 aliphatic heterocycles. The number of carbonyl (C=O) groups is 1. The SMILES string of the molecule is C=CC1CCC(Cn2c(/C=C/c3ccccc3)nc3nc(C(=N)NC(=O)O)nc(N[C@H](C)C4CCC4)c32)CC1. The van der Waals surface area contributed by atoms with Crippen LogP contribution in [-0.4, -0.2) is 42.6 Å². The number of nitrogens with one attached hydrogen (secondary N) is 3. The molecule has 1 aromatic carbocycles. The fourth-order valence-electron chi connectivity index (χ4n) is 5.61. The molecule has 2 saturated carbocycles. The van der Waals surface area contributed by atoms with E-state index in [1.807, 2.05) is 42.5 Å². The van der Waals surface area contributed by atoms with Crippen molar-refractivity contribution in [1.29, 1.82) is 5.41 Å². The summed E-state index contributed by atoms with van der Waals surface area (Å²) in [5.41, 5.74) is 2.32. The topological polar surface area (TPSA) is 129 Å². The zero-order chi connectivity index (χ0) is 27.4. The number of imidazole rings is 1. The van der Waals surface area contributed by atoms with E-state index in [-0.39, 0.29) is 17.7 Å². The molecule has 2 aliphatic rings. The predicted octanol–water partition coefficient (Wildman–Crippen LogP) is 6.18. The van der Waals surface area contributed by atoms with Gasteiger partial charge >= 0.3 is 6.09 Å². The van der Waals surface area contributed by atoms with Gasteiger partial charge in [0.2, 0.25) is 0 Å². The first-order valence-electron chi connectivity index (χ1n) is 13.9. The Labute approximate surface area is 229 Å². The van der Waals surface area contributed by atoms with Crippen molar-refractivity contribution in [2.24, 2.45) is 17.8 Å². The predicted molar refractivity (Wildman–Crippen MR) is 155 cm³/mol. The van der Waals surface area contributed by atoms with Gasteiger partial charge in [-0.3, -0.25) is 10.7 Å². The Kier molecular flexibility index (Phi) is 8.05. The number of nitrogens with zero attached hydrogens (tertiary/aromatic N) is 4. The normalized spacial score (nSPS) is 20.4. The highest BCUT2D eigenvalue weighted by Crippen LogP contribution is 2.35. The summed E-state index contributed by atoms with van der Waals surface area (Å²) in [5.74, 6) is 2.62. The van der Waals surface area contributed by atoms with E-state index in [2.05, 4.69) is 44.7 Å². The lowest BCUT2D eigenvalue weighted by Gasteiger charge is -2.32. The van der Waals surface area contributed by atoms with Crippen LogP contribution < -0.4 is 10.6 Å². The van der Waals surface area contributed by atoms with Gasteiger partial charge in [-0.15, -0.1) is 6.58 Å². The summed E-state index contributed by atoms with van der Waals surface area (Å²) >= 11 is 0. The van der Waals surface area contributed by atoms with Gasteiger partial charge < -0.3 is 15.0 Å². The minimum Gasteiger partial charge on any atom is -0.465 e. The van der Waals surface area contributed by atoms with Crippen molar-refractivity contribution >= 4 is 41.1 Å². The highest BCUT2D eigenvalue weighted by molar-refractivity contribution is 6.03. The second-order valence-corrected chi connectivity index (χ2v) is 10.8. The van der Waals surface area contributed by atoms with Crippen LogP contribution in [0, 0.1) is 23.2 Å². The molecule has 0 unspecified atom stereocenters. The fraction of sp³-hybridized carbons (Fsp3) is 0.433. The van der Waals surface area contributed by atoms with E-state index in [1.54, 1.807) is 0 Å². The third-order valence-corrected chi connectivity index (χ3v) is 8.20. The minimum atomic E-state index is -1.33. The van der Waals surface area contributed by atoms with E-state index in [9.17, 15) is 9.90 Å². The molecule has 1 atom stereocenters. The minimum absolute atomic E-state index is 0.00272. The molecule has 204 valence electrons. The number of carboxylic acid groups (broad SMARTS) is 1. The molecule has 1 amide bonds. The number of hydrogen-bond donors (Lipinski definition) is 4. The van der Waals surface area contributed by atoms with E-state index >= 15 is 0 Å². The standard InChI is InChI=1S/C30H37N7O2/c1-3-20-12-14-22(15-13-20)18-37-24(17-16-21-8-5-4-6-9-21)33-28-25(37)27(32-19(2)23-10-7-11-23)35-29(36-28)26(31)34-30(38)39/h3-6,8-9,16-17,19-20,22-23H,1,7,10-15,18H2,2H3,(H2,31,34)(H,38,39)(H,32,35,36)/b17-16+/t19-,20?,22?/m1/s1. The molecular weight excluding hydrogens is 490 g/mol. The molecule has 0 spiro atoms. The Morgan fingerprint density at radius 3 is 2.51 bits per heavy atom. The summed E-state index contributed by atoms with van der Waals surface area (Å²) in [7, 11) is 0. The van der Waals surface area contributed by atoms with Crippen LogP contribution in [0.3, 0.4) is 0 Å². The van der Waals surface area contributed by atoms with Gasteiger partial charge in [-0.2, -0.15) is 0 Å². The maximum absolute atomic E-state index is 11.2. The summed E-state index contributed by atoms with van der Waals surface area (Å²) in [5, 5.41) is 23.1. The van der Waals surface area contributed by atoms with Crippen molar-refractivity contribution in [2.45, 2.75) is 64.5 Å². The molecule has 39 heavy (non-hydrogen) atoms. The number of aromatic nitrogens is 4. The molecule has 9 nitrogen and oxygen atoms in total. The van der Waals surface area contributed by atoms with Gasteiger partial charge in [0.1, 0.15) is 11.3 Å². The summed E-state index contributed by atoms with van der Waals surface area (Å²) in [6.45, 7) is 6.94. The number of amides is 1. The second kappa shape index (κ2) is 11.8. The number of rotatable bonds is 9. The zero-order valence-electron chi connectivity index (χ0n) is 22.4. The van der Waals surface area contributed by atoms with Crippen molar-refractivity contribution < 1.29 is 9.90 Å². The summed E-state index contributed by atoms with van der Waals surface area (Å²) in [6.07, 6.45) is 12.9. The molecule has 0 radical (unpaired) electrons. The monoisotopic (exact) mass is 527 g/mol. The highest BCUT2D eigenvalue weighted by Gasteiger charge is 2.28. The lowest BCUT2D eigenvalue weighted by atomic mass is 9.80. The van der Waals surface area contributed by atoms with Crippen LogP contribution in [-0.2, 0) is 6.54 Å². The van der Waals surface area contributed by atoms with Gasteiger partial charge in [0.15, 0.2) is 23.1 Å². The van der Waals surface area contributed by atoms with Crippen LogP contribution in [0.25, 0.3) is 23.3 Å². The molecule has 2 fully saturated rings. The van der Waals surface area contributed by atoms with Crippen molar-refractivity contribution in [3.8, 4) is 0 Å². The lowest BCUT2D eigenvalue weighted by molar-refractivity contribution is 0.200. The average molecular weight is 528 g/mol. The number of hydrogen-bond acceptors (Lipinski definition) is 6. The van der Waals surface area contributed by atoms with Crippen LogP contribution in [0.1, 0.15) is 69.1 Å². The Bertz CT molecular complexity index is 1370. The zero-order valence-corrected chi connectivity index (χ0v) is 22.4. The number of fused-ring (bicyclic) bond motifs is 1. The quantitative estimate of drug-likeness (QED) is 0.149. The van der Waals surface area contributed by atoms with Crippen molar-refractivity contribution in [3.63, 3.8) is 0 Å². The van der Waals surface area contributed by atoms with E-state index in [0.717, 1.165) is 49.1 Å². The Morgan fingerprint density at radius 1 is 1.13 bits per heavy atom. The Morgan fingerprint density at radius 2 is 1.87 bits per heavy atom. The van der Waals surface area contributed by atoms with Gasteiger partial charge in [0.25, 0.3) is 0 Å². The first-order valence-corrected chi connectivity index (χ1v) is 13.9. The summed E-state index contributed by atoms with van der Waals surface area (Å²) in [4.78, 5) is 25.3. The molecular formula is C30H37N7O2. The Balaban J connectivity index is 1.59. The summed E-state index contributed by atoms with van der Waals surface area (Å²) in [6, 6.07) is 10.3. The molecule has 0 saturated heterocycles. The largest absolute Gasteiger partial charge is 0.465 e. The van der Waals surface area contributed by atoms with Crippen LogP contribution in [0.4, 0.5) is 10.6 Å². The van der Waals surface area contributed by atoms with Gasteiger partial charge in [0, 0.05) is 12.6 Å². The first-order chi connectivity index (χ1) is 18.9. The van der Waals surface area contributed by atoms with E-state index in [0.29, 0.717) is 29.2 Å². The van der Waals surface area contributed by atoms with Crippen LogP contribution in [0.5, 0.6) is 0 Å². The number of benzene rings is 1. The van der Waals surface area contributed by atoms with E-state index in [4.69, 9.17) is 10.4 Å². The maximum Gasteiger partial charge on any atom is 0.410 e. The van der Waals surface area contributed by atoms with Crippen LogP contribution in [0.2, 0.25) is 0 Å². The molecule has 2 aliphatic carbocycles. The highest BCUT2D eigenvalue weighted by atomic mass is 16.4. The second-order valence-electron chi connectivity index (χ2n) is 10.8. The molecule has 5 rings (SSSR count). The molecule has 0 bridgehead atoms. The van der Waals surface area contributed by atoms with E-state index in [1.165, 1.54) is 19.3 Å². The maximum atomic E-state index is 11.2. The number of amidine groups is 1. The summed E-state index contributed by atoms with van der Waals surface area (Å²) < 4.78 is 2.21. The van der Waals surface area contributed by atoms with Gasteiger partial charge in [-0.05, 0) is 74.8 Å². The fourth-order valence-corrected chi connectivity index (χ4v) is 5.61. The molecule has 3 aromatic rings. The third kappa shape index (κ3) is 6.19. The van der Waals surface area contributed by atoms with Gasteiger partial charge in [-0.1, -0.05) is 48.9 Å². The van der Waals surface area contributed by atoms with Crippen molar-refractivity contribution in [3.05, 3.63) is 60.2 Å². The Hall–Kier alpha value is -4.01. The number of allylic oxidation sites excluding steroid dienone is 1. The van der Waals surface area contributed by atoms with Crippen molar-refractivity contribution in [2.75, 3.05) is 5.32 Å². The van der Waals surface area contributed by atoms with Crippen LogP contribution in [0.15, 0.2) is 43.0 Å². The van der Waals surface area contributed by atoms with Crippen molar-refractivity contribution in [1.82, 2.24) is 24.8 Å². The third-order valence-electron chi connectivity index (χ3n) is 8.20. The van der Waals surface area contributed by atoms with Crippen LogP contribution >= 0.6 is 0 Å². The lowest BCUT2D eigenvalue weighted by Crippen LogP contribution is -2.33. The van der Waals surface area contributed by atoms with Gasteiger partial charge in [-0.25, -0.2) is 19.7 Å². The first kappa shape index (κ1) is 26.6. The molecule has 2 aromatic heterocycles. The molecule has 4 N–H and O–H groups in total. The molecule has 9 heteroatoms. The van der Waals surface area contributed by atoms with E-state index < -0.39 is 6.09 Å². The number of anilines is 1. The average Bonchev–Trinajstić information content (AvgIpc) is 3.24. The van der Waals surface area contributed by atoms with Gasteiger partial charge in [0.05, 0.1) is 0 Å². The smallest absolute Gasteiger partial charge is 0.410 e.